The summed E-state index contributed by atoms with van der Waals surface area (Å²) in [5.41, 5.74) is 1.05. The molecule has 2 heterocycles. The summed E-state index contributed by atoms with van der Waals surface area (Å²) in [6, 6.07) is 0. The van der Waals surface area contributed by atoms with Crippen LogP contribution in [0.15, 0.2) is 18.6 Å². The highest BCUT2D eigenvalue weighted by molar-refractivity contribution is 4.93. The minimum atomic E-state index is 0.720. The van der Waals surface area contributed by atoms with Crippen molar-refractivity contribution in [3.05, 3.63) is 30.1 Å². The van der Waals surface area contributed by atoms with E-state index in [9.17, 15) is 0 Å². The van der Waals surface area contributed by atoms with E-state index in [4.69, 9.17) is 0 Å². The molecular weight excluding hydrogens is 180 g/mol. The van der Waals surface area contributed by atoms with Gasteiger partial charge in [0.2, 0.25) is 0 Å². The van der Waals surface area contributed by atoms with Crippen molar-refractivity contribution in [2.75, 3.05) is 0 Å². The van der Waals surface area contributed by atoms with E-state index >= 15 is 0 Å². The molecule has 0 amide bonds. The molecule has 14 heavy (non-hydrogen) atoms. The fourth-order valence-corrected chi connectivity index (χ4v) is 1.17. The number of H-pyrrole nitrogens is 1. The van der Waals surface area contributed by atoms with Gasteiger partial charge in [-0.25, -0.2) is 4.98 Å². The van der Waals surface area contributed by atoms with E-state index in [0.29, 0.717) is 0 Å². The largest absolute Gasteiger partial charge is 0.348 e. The second-order valence-electron chi connectivity index (χ2n) is 2.99. The molecule has 2 N–H and O–H groups in total. The van der Waals surface area contributed by atoms with Crippen LogP contribution in [0.5, 0.6) is 0 Å². The van der Waals surface area contributed by atoms with Crippen molar-refractivity contribution in [2.24, 2.45) is 7.05 Å². The standard InChI is InChI=1S/C8H12N6/c1-14-7(5-12-13-14)4-9-6-8-10-2-3-11-8/h2-3,5,9H,4,6H2,1H3,(H,10,11). The number of imidazole rings is 1. The zero-order valence-corrected chi connectivity index (χ0v) is 7.94. The Kier molecular flexibility index (Phi) is 2.55. The van der Waals surface area contributed by atoms with Crippen molar-refractivity contribution >= 4 is 0 Å². The highest BCUT2D eigenvalue weighted by Gasteiger charge is 1.99. The summed E-state index contributed by atoms with van der Waals surface area (Å²) in [5, 5.41) is 10.9. The van der Waals surface area contributed by atoms with Crippen molar-refractivity contribution in [3.63, 3.8) is 0 Å². The Hall–Kier alpha value is -1.69. The SMILES string of the molecule is Cn1nncc1CNCc1ncc[nH]1. The summed E-state index contributed by atoms with van der Waals surface area (Å²) < 4.78 is 1.75. The molecule has 0 unspecified atom stereocenters. The number of aromatic amines is 1. The summed E-state index contributed by atoms with van der Waals surface area (Å²) >= 11 is 0. The number of hydrogen-bond donors (Lipinski definition) is 2. The first-order valence-electron chi connectivity index (χ1n) is 4.39. The molecule has 0 saturated carbocycles. The Morgan fingerprint density at radius 3 is 3.07 bits per heavy atom. The molecule has 0 aromatic carbocycles. The minimum absolute atomic E-state index is 0.720. The predicted octanol–water partition coefficient (Wildman–Crippen LogP) is -0.172. The summed E-state index contributed by atoms with van der Waals surface area (Å²) in [5.74, 6) is 0.931. The Bertz CT molecular complexity index is 376. The molecule has 0 aliphatic heterocycles. The number of aryl methyl sites for hydroxylation is 1. The van der Waals surface area contributed by atoms with Crippen LogP contribution >= 0.6 is 0 Å². The summed E-state index contributed by atoms with van der Waals surface area (Å²) in [6.07, 6.45) is 5.29. The van der Waals surface area contributed by atoms with Gasteiger partial charge in [0.05, 0.1) is 18.4 Å². The molecule has 2 rings (SSSR count). The second kappa shape index (κ2) is 4.01. The van der Waals surface area contributed by atoms with Crippen molar-refractivity contribution in [2.45, 2.75) is 13.1 Å². The van der Waals surface area contributed by atoms with Crippen LogP contribution in [-0.2, 0) is 20.1 Å². The number of nitrogens with zero attached hydrogens (tertiary/aromatic N) is 4. The van der Waals surface area contributed by atoms with Crippen LogP contribution in [0.4, 0.5) is 0 Å². The van der Waals surface area contributed by atoms with E-state index in [-0.39, 0.29) is 0 Å². The molecule has 0 atom stereocenters. The molecule has 2 aromatic rings. The summed E-state index contributed by atoms with van der Waals surface area (Å²) in [4.78, 5) is 7.12. The van der Waals surface area contributed by atoms with E-state index in [0.717, 1.165) is 24.6 Å². The van der Waals surface area contributed by atoms with E-state index in [1.807, 2.05) is 13.2 Å². The van der Waals surface area contributed by atoms with Gasteiger partial charge in [0.25, 0.3) is 0 Å². The zero-order valence-electron chi connectivity index (χ0n) is 7.94. The quantitative estimate of drug-likeness (QED) is 0.705. The maximum Gasteiger partial charge on any atom is 0.120 e. The molecule has 0 bridgehead atoms. The van der Waals surface area contributed by atoms with Crippen LogP contribution in [-0.4, -0.2) is 25.0 Å². The summed E-state index contributed by atoms with van der Waals surface area (Å²) in [6.45, 7) is 1.46. The average Bonchev–Trinajstić information content (AvgIpc) is 2.78. The lowest BCUT2D eigenvalue weighted by Gasteiger charge is -2.01. The first kappa shape index (κ1) is 8.89. The topological polar surface area (TPSA) is 71.4 Å². The van der Waals surface area contributed by atoms with Crippen molar-refractivity contribution in [3.8, 4) is 0 Å². The van der Waals surface area contributed by atoms with Crippen LogP contribution in [0, 0.1) is 0 Å². The van der Waals surface area contributed by atoms with E-state index < -0.39 is 0 Å². The Labute approximate surface area is 81.4 Å². The van der Waals surface area contributed by atoms with Gasteiger partial charge in [-0.05, 0) is 0 Å². The molecule has 6 heteroatoms. The minimum Gasteiger partial charge on any atom is -0.348 e. The van der Waals surface area contributed by atoms with Gasteiger partial charge in [0, 0.05) is 26.0 Å². The second-order valence-corrected chi connectivity index (χ2v) is 2.99. The fraction of sp³-hybridized carbons (Fsp3) is 0.375. The molecule has 0 spiro atoms. The van der Waals surface area contributed by atoms with Crippen LogP contribution in [0.1, 0.15) is 11.5 Å². The molecule has 0 radical (unpaired) electrons. The first-order chi connectivity index (χ1) is 6.86. The van der Waals surface area contributed by atoms with Gasteiger partial charge in [-0.15, -0.1) is 5.10 Å². The number of rotatable bonds is 4. The lowest BCUT2D eigenvalue weighted by atomic mass is 10.4. The molecule has 0 saturated heterocycles. The van der Waals surface area contributed by atoms with Crippen LogP contribution in [0.3, 0.4) is 0 Å². The van der Waals surface area contributed by atoms with Crippen LogP contribution < -0.4 is 5.32 Å². The highest BCUT2D eigenvalue weighted by atomic mass is 15.4. The monoisotopic (exact) mass is 192 g/mol. The predicted molar refractivity (Wildman–Crippen MR) is 50.1 cm³/mol. The van der Waals surface area contributed by atoms with Crippen LogP contribution in [0.2, 0.25) is 0 Å². The van der Waals surface area contributed by atoms with Crippen LogP contribution in [0.25, 0.3) is 0 Å². The van der Waals surface area contributed by atoms with Gasteiger partial charge in [0.15, 0.2) is 0 Å². The third-order valence-corrected chi connectivity index (χ3v) is 1.96. The van der Waals surface area contributed by atoms with Gasteiger partial charge < -0.3 is 10.3 Å². The Morgan fingerprint density at radius 2 is 2.43 bits per heavy atom. The number of aromatic nitrogens is 5. The van der Waals surface area contributed by atoms with E-state index in [1.165, 1.54) is 0 Å². The van der Waals surface area contributed by atoms with Crippen molar-refractivity contribution in [1.82, 2.24) is 30.3 Å². The maximum atomic E-state index is 4.10. The molecule has 6 nitrogen and oxygen atoms in total. The van der Waals surface area contributed by atoms with Gasteiger partial charge in [-0.1, -0.05) is 5.21 Å². The zero-order chi connectivity index (χ0) is 9.80. The lowest BCUT2D eigenvalue weighted by molar-refractivity contribution is 0.607. The van der Waals surface area contributed by atoms with Crippen molar-refractivity contribution in [1.29, 1.82) is 0 Å². The Balaban J connectivity index is 1.81. The first-order valence-corrected chi connectivity index (χ1v) is 4.39. The average molecular weight is 192 g/mol. The van der Waals surface area contributed by atoms with Gasteiger partial charge in [-0.3, -0.25) is 4.68 Å². The fourth-order valence-electron chi connectivity index (χ4n) is 1.17. The highest BCUT2D eigenvalue weighted by Crippen LogP contribution is 1.93. The molecular formula is C8H12N6. The third-order valence-electron chi connectivity index (χ3n) is 1.96. The molecule has 0 aliphatic rings. The Morgan fingerprint density at radius 1 is 1.50 bits per heavy atom. The summed E-state index contributed by atoms with van der Waals surface area (Å²) in [7, 11) is 1.87. The lowest BCUT2D eigenvalue weighted by Crippen LogP contribution is -2.15. The smallest absolute Gasteiger partial charge is 0.120 e. The van der Waals surface area contributed by atoms with Gasteiger partial charge in [-0.2, -0.15) is 0 Å². The van der Waals surface area contributed by atoms with Crippen molar-refractivity contribution < 1.29 is 0 Å². The molecule has 0 aliphatic carbocycles. The van der Waals surface area contributed by atoms with Gasteiger partial charge >= 0.3 is 0 Å². The third kappa shape index (κ3) is 1.97. The molecule has 0 fully saturated rings. The number of nitrogens with one attached hydrogen (secondary N) is 2. The van der Waals surface area contributed by atoms with E-state index in [1.54, 1.807) is 17.1 Å². The van der Waals surface area contributed by atoms with E-state index in [2.05, 4.69) is 25.6 Å². The maximum absolute atomic E-state index is 4.10. The normalized spacial score (nSPS) is 10.6. The van der Waals surface area contributed by atoms with Gasteiger partial charge in [0.1, 0.15) is 5.82 Å². The molecule has 2 aromatic heterocycles. The number of hydrogen-bond acceptors (Lipinski definition) is 4. The molecule has 74 valence electrons.